The number of hydrogen-bond acceptors (Lipinski definition) is 5. The molecule has 0 aliphatic carbocycles. The van der Waals surface area contributed by atoms with E-state index in [0.29, 0.717) is 30.6 Å². The minimum atomic E-state index is -3.57. The summed E-state index contributed by atoms with van der Waals surface area (Å²) in [5, 5.41) is 0.00176. The summed E-state index contributed by atoms with van der Waals surface area (Å²) in [6.07, 6.45) is 2.36. The number of anilines is 1. The molecule has 0 bridgehead atoms. The van der Waals surface area contributed by atoms with Crippen molar-refractivity contribution in [1.29, 1.82) is 0 Å². The van der Waals surface area contributed by atoms with Gasteiger partial charge in [0.1, 0.15) is 0 Å². The van der Waals surface area contributed by atoms with Gasteiger partial charge in [-0.05, 0) is 30.4 Å². The van der Waals surface area contributed by atoms with Crippen molar-refractivity contribution >= 4 is 15.7 Å². The van der Waals surface area contributed by atoms with Gasteiger partial charge in [-0.25, -0.2) is 13.4 Å². The number of nitrogens with one attached hydrogen (secondary N) is 1. The van der Waals surface area contributed by atoms with E-state index in [1.54, 1.807) is 12.1 Å². The molecule has 1 aromatic heterocycles. The van der Waals surface area contributed by atoms with Crippen LogP contribution in [-0.4, -0.2) is 30.8 Å². The number of nitrogens with zero attached hydrogens (tertiary/aromatic N) is 2. The van der Waals surface area contributed by atoms with E-state index in [4.69, 9.17) is 5.84 Å². The molecule has 0 amide bonds. The van der Waals surface area contributed by atoms with Crippen LogP contribution >= 0.6 is 0 Å². The second-order valence-electron chi connectivity index (χ2n) is 5.16. The zero-order valence-corrected chi connectivity index (χ0v) is 12.0. The SMILES string of the molecule is CC(C)C1CCN(S(=O)(=O)c2ncccc2NN)C1. The molecule has 19 heavy (non-hydrogen) atoms. The van der Waals surface area contributed by atoms with E-state index < -0.39 is 10.0 Å². The maximum absolute atomic E-state index is 12.6. The van der Waals surface area contributed by atoms with Gasteiger partial charge >= 0.3 is 0 Å². The average Bonchev–Trinajstić information content (AvgIpc) is 2.89. The van der Waals surface area contributed by atoms with Crippen molar-refractivity contribution in [1.82, 2.24) is 9.29 Å². The van der Waals surface area contributed by atoms with E-state index in [1.165, 1.54) is 10.5 Å². The molecule has 0 aromatic carbocycles. The number of nitrogens with two attached hydrogens (primary N) is 1. The average molecular weight is 284 g/mol. The Kier molecular flexibility index (Phi) is 4.07. The number of nitrogen functional groups attached to an aromatic ring is 1. The van der Waals surface area contributed by atoms with Crippen molar-refractivity contribution in [3.05, 3.63) is 18.3 Å². The van der Waals surface area contributed by atoms with Crippen molar-refractivity contribution < 1.29 is 8.42 Å². The molecule has 0 saturated carbocycles. The van der Waals surface area contributed by atoms with Crippen molar-refractivity contribution in [2.45, 2.75) is 25.3 Å². The zero-order chi connectivity index (χ0) is 14.0. The van der Waals surface area contributed by atoms with Crippen LogP contribution in [0.25, 0.3) is 0 Å². The van der Waals surface area contributed by atoms with Gasteiger partial charge in [-0.15, -0.1) is 0 Å². The highest BCUT2D eigenvalue weighted by molar-refractivity contribution is 7.89. The number of aromatic nitrogens is 1. The van der Waals surface area contributed by atoms with Crippen LogP contribution in [0.15, 0.2) is 23.4 Å². The van der Waals surface area contributed by atoms with E-state index >= 15 is 0 Å². The Morgan fingerprint density at radius 1 is 1.53 bits per heavy atom. The standard InChI is InChI=1S/C12H20N4O2S/c1-9(2)10-5-7-16(8-10)19(17,18)12-11(15-13)4-3-6-14-12/h3-4,6,9-10,15H,5,7-8,13H2,1-2H3. The Balaban J connectivity index is 2.29. The van der Waals surface area contributed by atoms with E-state index in [-0.39, 0.29) is 5.03 Å². The topological polar surface area (TPSA) is 88.3 Å². The lowest BCUT2D eigenvalue weighted by atomic mass is 9.96. The molecule has 1 aliphatic heterocycles. The molecule has 2 heterocycles. The van der Waals surface area contributed by atoms with Crippen molar-refractivity contribution in [3.8, 4) is 0 Å². The van der Waals surface area contributed by atoms with Crippen LogP contribution in [0.2, 0.25) is 0 Å². The van der Waals surface area contributed by atoms with Gasteiger partial charge in [0, 0.05) is 19.3 Å². The smallest absolute Gasteiger partial charge is 0.262 e. The molecule has 1 aliphatic rings. The van der Waals surface area contributed by atoms with Gasteiger partial charge in [-0.3, -0.25) is 5.84 Å². The molecular formula is C12H20N4O2S. The highest BCUT2D eigenvalue weighted by atomic mass is 32.2. The molecule has 1 unspecified atom stereocenters. The molecule has 6 nitrogen and oxygen atoms in total. The maximum Gasteiger partial charge on any atom is 0.262 e. The van der Waals surface area contributed by atoms with Crippen LogP contribution in [0.5, 0.6) is 0 Å². The predicted octanol–water partition coefficient (Wildman–Crippen LogP) is 1.03. The fraction of sp³-hybridized carbons (Fsp3) is 0.583. The molecule has 7 heteroatoms. The lowest BCUT2D eigenvalue weighted by Gasteiger charge is -2.18. The molecule has 1 atom stereocenters. The Bertz CT molecular complexity index is 544. The van der Waals surface area contributed by atoms with Crippen LogP contribution in [0.3, 0.4) is 0 Å². The number of rotatable bonds is 4. The maximum atomic E-state index is 12.6. The fourth-order valence-corrected chi connectivity index (χ4v) is 3.92. The van der Waals surface area contributed by atoms with Crippen molar-refractivity contribution in [3.63, 3.8) is 0 Å². The van der Waals surface area contributed by atoms with Crippen LogP contribution in [0.1, 0.15) is 20.3 Å². The monoisotopic (exact) mass is 284 g/mol. The minimum absolute atomic E-state index is 0.00176. The van der Waals surface area contributed by atoms with Crippen molar-refractivity contribution in [2.24, 2.45) is 17.7 Å². The molecule has 1 saturated heterocycles. The van der Waals surface area contributed by atoms with Gasteiger partial charge in [0.25, 0.3) is 10.0 Å². The lowest BCUT2D eigenvalue weighted by Crippen LogP contribution is -2.31. The Labute approximate surface area is 114 Å². The predicted molar refractivity (Wildman–Crippen MR) is 73.8 cm³/mol. The number of sulfonamides is 1. The zero-order valence-electron chi connectivity index (χ0n) is 11.2. The molecule has 1 fully saturated rings. The third-order valence-electron chi connectivity index (χ3n) is 3.64. The molecule has 0 spiro atoms. The van der Waals surface area contributed by atoms with Gasteiger partial charge in [0.2, 0.25) is 0 Å². The first-order valence-corrected chi connectivity index (χ1v) is 7.82. The summed E-state index contributed by atoms with van der Waals surface area (Å²) >= 11 is 0. The molecular weight excluding hydrogens is 264 g/mol. The summed E-state index contributed by atoms with van der Waals surface area (Å²) in [5.74, 6) is 6.24. The lowest BCUT2D eigenvalue weighted by molar-refractivity contribution is 0.388. The van der Waals surface area contributed by atoms with Gasteiger partial charge < -0.3 is 5.43 Å². The quantitative estimate of drug-likeness (QED) is 0.637. The Morgan fingerprint density at radius 3 is 2.84 bits per heavy atom. The van der Waals surface area contributed by atoms with Crippen LogP contribution in [0.4, 0.5) is 5.69 Å². The van der Waals surface area contributed by atoms with Crippen LogP contribution in [-0.2, 0) is 10.0 Å². The number of pyridine rings is 1. The summed E-state index contributed by atoms with van der Waals surface area (Å²) in [4.78, 5) is 3.96. The molecule has 0 radical (unpaired) electrons. The summed E-state index contributed by atoms with van der Waals surface area (Å²) in [7, 11) is -3.57. The van der Waals surface area contributed by atoms with E-state index in [9.17, 15) is 8.42 Å². The van der Waals surface area contributed by atoms with E-state index in [1.807, 2.05) is 0 Å². The molecule has 106 valence electrons. The van der Waals surface area contributed by atoms with Gasteiger partial charge in [0.15, 0.2) is 5.03 Å². The Morgan fingerprint density at radius 2 is 2.26 bits per heavy atom. The summed E-state index contributed by atoms with van der Waals surface area (Å²) in [5.41, 5.74) is 2.72. The second-order valence-corrected chi connectivity index (χ2v) is 7.01. The first kappa shape index (κ1) is 14.2. The van der Waals surface area contributed by atoms with Gasteiger partial charge in [-0.1, -0.05) is 13.8 Å². The molecule has 1 aromatic rings. The van der Waals surface area contributed by atoms with E-state index in [0.717, 1.165) is 6.42 Å². The van der Waals surface area contributed by atoms with E-state index in [2.05, 4.69) is 24.3 Å². The summed E-state index contributed by atoms with van der Waals surface area (Å²) in [6.45, 7) is 5.34. The minimum Gasteiger partial charge on any atom is -0.321 e. The van der Waals surface area contributed by atoms with Crippen molar-refractivity contribution in [2.75, 3.05) is 18.5 Å². The fourth-order valence-electron chi connectivity index (χ4n) is 2.34. The van der Waals surface area contributed by atoms with Crippen LogP contribution in [0, 0.1) is 11.8 Å². The number of hydrogen-bond donors (Lipinski definition) is 2. The Hall–Kier alpha value is -1.18. The number of hydrazine groups is 1. The molecule has 3 N–H and O–H groups in total. The summed E-state index contributed by atoms with van der Waals surface area (Å²) < 4.78 is 26.6. The highest BCUT2D eigenvalue weighted by Crippen LogP contribution is 2.29. The van der Waals surface area contributed by atoms with Gasteiger partial charge in [-0.2, -0.15) is 4.31 Å². The first-order chi connectivity index (χ1) is 8.96. The largest absolute Gasteiger partial charge is 0.321 e. The highest BCUT2D eigenvalue weighted by Gasteiger charge is 2.35. The normalized spacial score (nSPS) is 20.9. The second kappa shape index (κ2) is 5.44. The summed E-state index contributed by atoms with van der Waals surface area (Å²) in [6, 6.07) is 3.25. The van der Waals surface area contributed by atoms with Gasteiger partial charge in [0.05, 0.1) is 5.69 Å². The van der Waals surface area contributed by atoms with Crippen LogP contribution < -0.4 is 11.3 Å². The first-order valence-electron chi connectivity index (χ1n) is 6.38. The third-order valence-corrected chi connectivity index (χ3v) is 5.47. The third kappa shape index (κ3) is 2.72. The molecule has 2 rings (SSSR count).